The summed E-state index contributed by atoms with van der Waals surface area (Å²) in [4.78, 5) is 10.4. The molecular formula is C10H9F3O3. The Labute approximate surface area is 89.5 Å². The third kappa shape index (κ3) is 3.80. The zero-order valence-corrected chi connectivity index (χ0v) is 8.34. The van der Waals surface area contributed by atoms with Crippen LogP contribution in [0, 0.1) is 6.92 Å². The van der Waals surface area contributed by atoms with Gasteiger partial charge in [0, 0.05) is 0 Å². The number of benzene rings is 1. The van der Waals surface area contributed by atoms with E-state index in [-0.39, 0.29) is 17.7 Å². The molecule has 1 rings (SSSR count). The lowest BCUT2D eigenvalue weighted by Crippen LogP contribution is -2.17. The SMILES string of the molecule is Cc1cc(CC(=O)O)ccc1OC(F)(F)F. The molecule has 0 radical (unpaired) electrons. The third-order valence-electron chi connectivity index (χ3n) is 1.82. The van der Waals surface area contributed by atoms with Crippen LogP contribution in [0.15, 0.2) is 18.2 Å². The van der Waals surface area contributed by atoms with E-state index in [0.29, 0.717) is 5.56 Å². The number of aryl methyl sites for hydroxylation is 1. The first-order chi connectivity index (χ1) is 7.28. The highest BCUT2D eigenvalue weighted by atomic mass is 19.4. The second-order valence-electron chi connectivity index (χ2n) is 3.22. The van der Waals surface area contributed by atoms with Gasteiger partial charge >= 0.3 is 12.3 Å². The van der Waals surface area contributed by atoms with Crippen LogP contribution in [-0.4, -0.2) is 17.4 Å². The molecule has 0 bridgehead atoms. The summed E-state index contributed by atoms with van der Waals surface area (Å²) in [6.45, 7) is 1.42. The summed E-state index contributed by atoms with van der Waals surface area (Å²) in [5, 5.41) is 8.50. The number of rotatable bonds is 3. The maximum atomic E-state index is 11.9. The van der Waals surface area contributed by atoms with E-state index in [0.717, 1.165) is 6.07 Å². The van der Waals surface area contributed by atoms with E-state index >= 15 is 0 Å². The van der Waals surface area contributed by atoms with Gasteiger partial charge < -0.3 is 9.84 Å². The number of halogens is 3. The Balaban J connectivity index is 2.87. The summed E-state index contributed by atoms with van der Waals surface area (Å²) in [5.74, 6) is -1.36. The van der Waals surface area contributed by atoms with Gasteiger partial charge in [0.2, 0.25) is 0 Å². The van der Waals surface area contributed by atoms with Crippen LogP contribution in [0.2, 0.25) is 0 Å². The molecule has 0 unspecified atom stereocenters. The van der Waals surface area contributed by atoms with E-state index in [1.54, 1.807) is 0 Å². The quantitative estimate of drug-likeness (QED) is 0.874. The predicted octanol–water partition coefficient (Wildman–Crippen LogP) is 2.52. The number of aliphatic carboxylic acids is 1. The van der Waals surface area contributed by atoms with Crippen molar-refractivity contribution in [3.05, 3.63) is 29.3 Å². The molecule has 88 valence electrons. The van der Waals surface area contributed by atoms with Crippen molar-refractivity contribution in [3.8, 4) is 5.75 Å². The molecule has 6 heteroatoms. The first kappa shape index (κ1) is 12.4. The molecule has 0 saturated heterocycles. The second-order valence-corrected chi connectivity index (χ2v) is 3.22. The van der Waals surface area contributed by atoms with Crippen molar-refractivity contribution in [1.82, 2.24) is 0 Å². The van der Waals surface area contributed by atoms with Gasteiger partial charge in [-0.3, -0.25) is 4.79 Å². The average molecular weight is 234 g/mol. The lowest BCUT2D eigenvalue weighted by atomic mass is 10.1. The molecule has 0 aliphatic carbocycles. The van der Waals surface area contributed by atoms with Crippen LogP contribution in [0.25, 0.3) is 0 Å². The van der Waals surface area contributed by atoms with Crippen LogP contribution in [-0.2, 0) is 11.2 Å². The Morgan fingerprint density at radius 3 is 2.50 bits per heavy atom. The molecule has 0 aliphatic heterocycles. The maximum absolute atomic E-state index is 11.9. The summed E-state index contributed by atoms with van der Waals surface area (Å²) in [6.07, 6.45) is -4.97. The van der Waals surface area contributed by atoms with Crippen molar-refractivity contribution in [3.63, 3.8) is 0 Å². The third-order valence-corrected chi connectivity index (χ3v) is 1.82. The molecule has 0 aromatic heterocycles. The van der Waals surface area contributed by atoms with Crippen molar-refractivity contribution >= 4 is 5.97 Å². The van der Waals surface area contributed by atoms with Gasteiger partial charge in [0.1, 0.15) is 5.75 Å². The van der Waals surface area contributed by atoms with Crippen molar-refractivity contribution < 1.29 is 27.8 Å². The van der Waals surface area contributed by atoms with Crippen molar-refractivity contribution in [2.45, 2.75) is 19.7 Å². The van der Waals surface area contributed by atoms with E-state index in [1.165, 1.54) is 19.1 Å². The highest BCUT2D eigenvalue weighted by Crippen LogP contribution is 2.26. The number of hydrogen-bond donors (Lipinski definition) is 1. The molecule has 1 N–H and O–H groups in total. The average Bonchev–Trinajstić information content (AvgIpc) is 2.06. The monoisotopic (exact) mass is 234 g/mol. The first-order valence-corrected chi connectivity index (χ1v) is 4.35. The van der Waals surface area contributed by atoms with E-state index in [9.17, 15) is 18.0 Å². The zero-order valence-electron chi connectivity index (χ0n) is 8.34. The molecule has 0 amide bonds. The number of alkyl halides is 3. The minimum atomic E-state index is -4.74. The van der Waals surface area contributed by atoms with Gasteiger partial charge in [-0.05, 0) is 24.1 Å². The summed E-state index contributed by atoms with van der Waals surface area (Å²) < 4.78 is 39.5. The lowest BCUT2D eigenvalue weighted by Gasteiger charge is -2.11. The molecule has 0 heterocycles. The largest absolute Gasteiger partial charge is 0.573 e. The van der Waals surface area contributed by atoms with E-state index in [1.807, 2.05) is 0 Å². The Kier molecular flexibility index (Phi) is 3.41. The van der Waals surface area contributed by atoms with Gasteiger partial charge in [-0.2, -0.15) is 0 Å². The molecule has 0 spiro atoms. The van der Waals surface area contributed by atoms with Crippen LogP contribution in [0.3, 0.4) is 0 Å². The fraction of sp³-hybridized carbons (Fsp3) is 0.300. The molecular weight excluding hydrogens is 225 g/mol. The molecule has 3 nitrogen and oxygen atoms in total. The number of ether oxygens (including phenoxy) is 1. The molecule has 16 heavy (non-hydrogen) atoms. The van der Waals surface area contributed by atoms with Crippen molar-refractivity contribution in [1.29, 1.82) is 0 Å². The van der Waals surface area contributed by atoms with E-state index in [4.69, 9.17) is 5.11 Å². The van der Waals surface area contributed by atoms with Gasteiger partial charge in [-0.15, -0.1) is 13.2 Å². The Morgan fingerprint density at radius 2 is 2.06 bits per heavy atom. The van der Waals surface area contributed by atoms with E-state index in [2.05, 4.69) is 4.74 Å². The Bertz CT molecular complexity index is 399. The second kappa shape index (κ2) is 4.42. The molecule has 0 atom stereocenters. The zero-order chi connectivity index (χ0) is 12.3. The smallest absolute Gasteiger partial charge is 0.481 e. The van der Waals surface area contributed by atoms with E-state index < -0.39 is 12.3 Å². The van der Waals surface area contributed by atoms with Crippen LogP contribution < -0.4 is 4.74 Å². The van der Waals surface area contributed by atoms with Gasteiger partial charge in [-0.25, -0.2) is 0 Å². The minimum absolute atomic E-state index is 0.229. The summed E-state index contributed by atoms with van der Waals surface area (Å²) >= 11 is 0. The molecule has 1 aromatic carbocycles. The molecule has 0 aliphatic rings. The van der Waals surface area contributed by atoms with Crippen LogP contribution in [0.5, 0.6) is 5.75 Å². The van der Waals surface area contributed by atoms with Gasteiger partial charge in [0.05, 0.1) is 6.42 Å². The highest BCUT2D eigenvalue weighted by molar-refractivity contribution is 5.70. The van der Waals surface area contributed by atoms with Crippen LogP contribution in [0.4, 0.5) is 13.2 Å². The lowest BCUT2D eigenvalue weighted by molar-refractivity contribution is -0.274. The Morgan fingerprint density at radius 1 is 1.44 bits per heavy atom. The highest BCUT2D eigenvalue weighted by Gasteiger charge is 2.31. The summed E-state index contributed by atoms with van der Waals surface area (Å²) in [5.41, 5.74) is 0.676. The first-order valence-electron chi connectivity index (χ1n) is 4.35. The predicted molar refractivity (Wildman–Crippen MR) is 49.2 cm³/mol. The van der Waals surface area contributed by atoms with Gasteiger partial charge in [0.15, 0.2) is 0 Å². The maximum Gasteiger partial charge on any atom is 0.573 e. The van der Waals surface area contributed by atoms with Crippen molar-refractivity contribution in [2.24, 2.45) is 0 Å². The van der Waals surface area contributed by atoms with Crippen molar-refractivity contribution in [2.75, 3.05) is 0 Å². The fourth-order valence-electron chi connectivity index (χ4n) is 1.24. The molecule has 1 aromatic rings. The fourth-order valence-corrected chi connectivity index (χ4v) is 1.24. The minimum Gasteiger partial charge on any atom is -0.481 e. The normalized spacial score (nSPS) is 11.2. The summed E-state index contributed by atoms with van der Waals surface area (Å²) in [7, 11) is 0. The Hall–Kier alpha value is -1.72. The van der Waals surface area contributed by atoms with Crippen LogP contribution >= 0.6 is 0 Å². The number of carbonyl (C=O) groups is 1. The molecule has 0 saturated carbocycles. The van der Waals surface area contributed by atoms with Gasteiger partial charge in [0.25, 0.3) is 0 Å². The van der Waals surface area contributed by atoms with Gasteiger partial charge in [-0.1, -0.05) is 12.1 Å². The summed E-state index contributed by atoms with van der Waals surface area (Å²) in [6, 6.07) is 3.76. The number of hydrogen-bond acceptors (Lipinski definition) is 2. The topological polar surface area (TPSA) is 46.5 Å². The molecule has 0 fully saturated rings. The standard InChI is InChI=1S/C10H9F3O3/c1-6-4-7(5-9(14)15)2-3-8(6)16-10(11,12)13/h2-4H,5H2,1H3,(H,14,15). The number of carboxylic acids is 1. The van der Waals surface area contributed by atoms with Crippen LogP contribution in [0.1, 0.15) is 11.1 Å². The number of carboxylic acid groups (broad SMARTS) is 1.